The Morgan fingerprint density at radius 1 is 1.22 bits per heavy atom. The van der Waals surface area contributed by atoms with E-state index in [4.69, 9.17) is 5.73 Å². The second kappa shape index (κ2) is 13.2. The zero-order valence-corrected chi connectivity index (χ0v) is 25.8. The second-order valence-corrected chi connectivity index (χ2v) is 12.2. The number of aromatic nitrogens is 1. The van der Waals surface area contributed by atoms with E-state index in [0.29, 0.717) is 24.5 Å². The smallest absolute Gasteiger partial charge is 0.192 e. The zero-order valence-electron chi connectivity index (χ0n) is 25.8. The van der Waals surface area contributed by atoms with Gasteiger partial charge in [-0.05, 0) is 71.9 Å². The Hall–Kier alpha value is -3.80. The lowest BCUT2D eigenvalue weighted by Gasteiger charge is -2.39. The molecule has 1 aromatic carbocycles. The fraction of sp³-hybridized carbons (Fsp3) is 0.429. The van der Waals surface area contributed by atoms with Crippen LogP contribution in [0, 0.1) is 11.3 Å². The van der Waals surface area contributed by atoms with E-state index in [1.54, 1.807) is 6.07 Å². The van der Waals surface area contributed by atoms with Gasteiger partial charge >= 0.3 is 0 Å². The SMILES string of the molecule is C=C/C(=C\NC(N)=NCCC(CCC)C(=C)O)c1cc2c(cc1CC)-c1cc(=O)c(C(=C)C)cn1C(C(C)(C)C)C2. The number of aliphatic hydroxyl groups is 1. The summed E-state index contributed by atoms with van der Waals surface area (Å²) in [6.07, 6.45) is 9.89. The first-order chi connectivity index (χ1) is 19.3. The molecule has 2 heterocycles. The van der Waals surface area contributed by atoms with Crippen molar-refractivity contribution in [1.82, 2.24) is 9.88 Å². The summed E-state index contributed by atoms with van der Waals surface area (Å²) in [5.41, 5.74) is 14.0. The molecular weight excluding hydrogens is 508 g/mol. The predicted octanol–water partition coefficient (Wildman–Crippen LogP) is 7.56. The highest BCUT2D eigenvalue weighted by Crippen LogP contribution is 2.44. The van der Waals surface area contributed by atoms with Gasteiger partial charge in [0.2, 0.25) is 0 Å². The van der Waals surface area contributed by atoms with Crippen molar-refractivity contribution < 1.29 is 5.11 Å². The van der Waals surface area contributed by atoms with Crippen molar-refractivity contribution >= 4 is 17.1 Å². The van der Waals surface area contributed by atoms with Crippen LogP contribution in [0.15, 0.2) is 72.0 Å². The predicted molar refractivity (Wildman–Crippen MR) is 175 cm³/mol. The molecule has 220 valence electrons. The van der Waals surface area contributed by atoms with Crippen molar-refractivity contribution in [1.29, 1.82) is 0 Å². The van der Waals surface area contributed by atoms with Gasteiger partial charge in [0.25, 0.3) is 0 Å². The van der Waals surface area contributed by atoms with Gasteiger partial charge in [-0.15, -0.1) is 0 Å². The lowest BCUT2D eigenvalue weighted by molar-refractivity contribution is 0.237. The van der Waals surface area contributed by atoms with Crippen molar-refractivity contribution in [2.75, 3.05) is 6.54 Å². The van der Waals surface area contributed by atoms with E-state index in [1.807, 2.05) is 25.4 Å². The number of guanidine groups is 1. The van der Waals surface area contributed by atoms with Crippen LogP contribution in [0.5, 0.6) is 0 Å². The first kappa shape index (κ1) is 31.7. The van der Waals surface area contributed by atoms with Crippen LogP contribution in [0.1, 0.15) is 89.1 Å². The van der Waals surface area contributed by atoms with Crippen molar-refractivity contribution in [2.45, 2.75) is 79.7 Å². The van der Waals surface area contributed by atoms with Gasteiger partial charge in [0, 0.05) is 48.1 Å². The number of aryl methyl sites for hydroxylation is 1. The maximum atomic E-state index is 13.1. The van der Waals surface area contributed by atoms with Crippen LogP contribution in [-0.4, -0.2) is 22.2 Å². The third kappa shape index (κ3) is 7.29. The summed E-state index contributed by atoms with van der Waals surface area (Å²) in [5.74, 6) is 0.552. The summed E-state index contributed by atoms with van der Waals surface area (Å²) in [4.78, 5) is 17.5. The van der Waals surface area contributed by atoms with Gasteiger partial charge in [-0.3, -0.25) is 9.79 Å². The largest absolute Gasteiger partial charge is 0.513 e. The Morgan fingerprint density at radius 2 is 1.93 bits per heavy atom. The summed E-state index contributed by atoms with van der Waals surface area (Å²) in [7, 11) is 0. The third-order valence-corrected chi connectivity index (χ3v) is 8.05. The molecule has 0 bridgehead atoms. The summed E-state index contributed by atoms with van der Waals surface area (Å²) in [5, 5.41) is 12.9. The number of nitrogens with one attached hydrogen (secondary N) is 1. The molecule has 0 radical (unpaired) electrons. The minimum atomic E-state index is -0.0282. The number of aliphatic hydroxyl groups excluding tert-OH is 1. The maximum Gasteiger partial charge on any atom is 0.192 e. The molecule has 0 spiro atoms. The minimum absolute atomic E-state index is 0.00124. The topological polar surface area (TPSA) is 92.6 Å². The highest BCUT2D eigenvalue weighted by atomic mass is 16.3. The molecule has 6 heteroatoms. The van der Waals surface area contributed by atoms with E-state index in [-0.39, 0.29) is 28.6 Å². The molecule has 3 rings (SSSR count). The molecule has 1 aromatic heterocycles. The van der Waals surface area contributed by atoms with Gasteiger partial charge in [-0.25, -0.2) is 0 Å². The number of fused-ring (bicyclic) bond motifs is 3. The highest BCUT2D eigenvalue weighted by molar-refractivity contribution is 5.84. The molecule has 2 atom stereocenters. The summed E-state index contributed by atoms with van der Waals surface area (Å²) in [6, 6.07) is 6.42. The second-order valence-electron chi connectivity index (χ2n) is 12.2. The monoisotopic (exact) mass is 556 g/mol. The molecule has 41 heavy (non-hydrogen) atoms. The number of nitrogens with zero attached hydrogens (tertiary/aromatic N) is 2. The van der Waals surface area contributed by atoms with Crippen molar-refractivity contribution in [3.05, 3.63) is 94.6 Å². The average molecular weight is 557 g/mol. The molecule has 2 unspecified atom stereocenters. The number of benzene rings is 1. The number of aliphatic imine (C=N–C) groups is 1. The first-order valence-corrected chi connectivity index (χ1v) is 14.7. The highest BCUT2D eigenvalue weighted by Gasteiger charge is 2.33. The molecule has 0 fully saturated rings. The summed E-state index contributed by atoms with van der Waals surface area (Å²) >= 11 is 0. The number of allylic oxidation sites excluding steroid dienone is 4. The fourth-order valence-electron chi connectivity index (χ4n) is 5.64. The van der Waals surface area contributed by atoms with Crippen LogP contribution in [0.2, 0.25) is 0 Å². The van der Waals surface area contributed by atoms with Crippen molar-refractivity contribution in [3.63, 3.8) is 0 Å². The van der Waals surface area contributed by atoms with Crippen LogP contribution in [-0.2, 0) is 12.8 Å². The lowest BCUT2D eigenvalue weighted by Crippen LogP contribution is -2.32. The average Bonchev–Trinajstić information content (AvgIpc) is 2.90. The minimum Gasteiger partial charge on any atom is -0.513 e. The van der Waals surface area contributed by atoms with Crippen LogP contribution in [0.4, 0.5) is 0 Å². The van der Waals surface area contributed by atoms with E-state index in [9.17, 15) is 9.90 Å². The molecule has 1 aliphatic rings. The Balaban J connectivity index is 2.00. The number of rotatable bonds is 11. The number of hydrogen-bond donors (Lipinski definition) is 3. The van der Waals surface area contributed by atoms with E-state index in [2.05, 4.69) is 81.4 Å². The van der Waals surface area contributed by atoms with E-state index < -0.39 is 0 Å². The van der Waals surface area contributed by atoms with E-state index in [0.717, 1.165) is 59.2 Å². The molecule has 0 aliphatic carbocycles. The molecule has 2 aromatic rings. The normalized spacial score (nSPS) is 16.0. The van der Waals surface area contributed by atoms with Crippen LogP contribution < -0.4 is 16.5 Å². The molecule has 0 amide bonds. The first-order valence-electron chi connectivity index (χ1n) is 14.7. The third-order valence-electron chi connectivity index (χ3n) is 8.05. The molecule has 0 saturated heterocycles. The van der Waals surface area contributed by atoms with E-state index in [1.165, 1.54) is 5.56 Å². The molecule has 6 nitrogen and oxygen atoms in total. The van der Waals surface area contributed by atoms with Crippen LogP contribution >= 0.6 is 0 Å². The summed E-state index contributed by atoms with van der Waals surface area (Å²) < 4.78 is 2.28. The number of nitrogens with two attached hydrogens (primary N) is 1. The van der Waals surface area contributed by atoms with Gasteiger partial charge in [0.1, 0.15) is 0 Å². The quantitative estimate of drug-likeness (QED) is 0.115. The number of hydrogen-bond acceptors (Lipinski definition) is 3. The number of pyridine rings is 1. The Labute approximate surface area is 246 Å². The maximum absolute atomic E-state index is 13.1. The standard InChI is InChI=1S/C35H48N4O2/c1-10-13-26(23(6)40)14-15-37-34(36)38-20-25(12-3)28-17-27-18-33(35(7,8)9)39-21-30(22(4)5)32(41)19-31(39)29(27)16-24(28)11-2/h12,16-17,19-21,26,33,40H,3-4,6,10-11,13-15,18H2,1-2,5,7-9H3,(H3,36,37,38)/b25-20+. The van der Waals surface area contributed by atoms with E-state index >= 15 is 0 Å². The Kier molecular flexibility index (Phi) is 10.2. The van der Waals surface area contributed by atoms with Crippen molar-refractivity contribution in [3.8, 4) is 11.3 Å². The Bertz CT molecular complexity index is 1440. The fourth-order valence-corrected chi connectivity index (χ4v) is 5.64. The lowest BCUT2D eigenvalue weighted by atomic mass is 9.77. The molecule has 1 aliphatic heterocycles. The van der Waals surface area contributed by atoms with Gasteiger partial charge in [-0.2, -0.15) is 0 Å². The summed E-state index contributed by atoms with van der Waals surface area (Å²) in [6.45, 7) is 25.1. The van der Waals surface area contributed by atoms with Gasteiger partial charge in [0.15, 0.2) is 11.4 Å². The van der Waals surface area contributed by atoms with Gasteiger partial charge < -0.3 is 20.7 Å². The van der Waals surface area contributed by atoms with Gasteiger partial charge in [0.05, 0.1) is 11.5 Å². The van der Waals surface area contributed by atoms with Crippen molar-refractivity contribution in [2.24, 2.45) is 22.1 Å². The Morgan fingerprint density at radius 3 is 2.49 bits per heavy atom. The molecule has 4 N–H and O–H groups in total. The zero-order chi connectivity index (χ0) is 30.5. The molecular formula is C35H48N4O2. The molecule has 0 saturated carbocycles. The van der Waals surface area contributed by atoms with Gasteiger partial charge in [-0.1, -0.05) is 72.9 Å². The van der Waals surface area contributed by atoms with Crippen LogP contribution in [0.3, 0.4) is 0 Å². The van der Waals surface area contributed by atoms with Crippen LogP contribution in [0.25, 0.3) is 22.4 Å².